The highest BCUT2D eigenvalue weighted by Crippen LogP contribution is 2.26. The summed E-state index contributed by atoms with van der Waals surface area (Å²) in [5.41, 5.74) is 1.45. The lowest BCUT2D eigenvalue weighted by molar-refractivity contribution is 0.0948. The summed E-state index contributed by atoms with van der Waals surface area (Å²) in [5, 5.41) is 3.89. The van der Waals surface area contributed by atoms with Gasteiger partial charge in [-0.1, -0.05) is 31.0 Å². The molecule has 8 heteroatoms. The molecule has 7 nitrogen and oxygen atoms in total. The lowest BCUT2D eigenvalue weighted by Crippen LogP contribution is -2.38. The molecule has 1 aliphatic rings. The highest BCUT2D eigenvalue weighted by molar-refractivity contribution is 7.89. The maximum absolute atomic E-state index is 12.7. The third kappa shape index (κ3) is 5.14. The number of rotatable bonds is 8. The standard InChI is InChI=1S/C23H28N4O3S/c28-23(22-16-19-17-24-13-9-21(19)26-22)25-12-5-4-6-18-10-14-27(15-11-18)31(29,30)20-7-2-1-3-8-20/h1-3,7-9,13,16-18,26H,4-6,10-12,14-15H2,(H,25,28). The van der Waals surface area contributed by atoms with Crippen LogP contribution < -0.4 is 5.32 Å². The number of aromatic amines is 1. The number of amides is 1. The first-order chi connectivity index (χ1) is 15.0. The van der Waals surface area contributed by atoms with Crippen LogP contribution in [0.2, 0.25) is 0 Å². The number of hydrogen-bond acceptors (Lipinski definition) is 4. The Labute approximate surface area is 182 Å². The van der Waals surface area contributed by atoms with E-state index in [-0.39, 0.29) is 5.91 Å². The minimum absolute atomic E-state index is 0.101. The van der Waals surface area contributed by atoms with E-state index in [1.54, 1.807) is 41.0 Å². The second kappa shape index (κ2) is 9.62. The van der Waals surface area contributed by atoms with E-state index in [0.29, 0.717) is 36.1 Å². The third-order valence-corrected chi connectivity index (χ3v) is 7.86. The Kier molecular flexibility index (Phi) is 6.67. The van der Waals surface area contributed by atoms with Gasteiger partial charge in [0.2, 0.25) is 10.0 Å². The van der Waals surface area contributed by atoms with Gasteiger partial charge in [0.1, 0.15) is 5.69 Å². The van der Waals surface area contributed by atoms with E-state index in [2.05, 4.69) is 15.3 Å². The minimum atomic E-state index is -3.38. The molecule has 2 aromatic heterocycles. The number of pyridine rings is 1. The van der Waals surface area contributed by atoms with Crippen LogP contribution >= 0.6 is 0 Å². The molecule has 3 aromatic rings. The molecule has 0 bridgehead atoms. The van der Waals surface area contributed by atoms with Crippen LogP contribution in [-0.2, 0) is 10.0 Å². The van der Waals surface area contributed by atoms with E-state index < -0.39 is 10.0 Å². The first-order valence-corrected chi connectivity index (χ1v) is 12.2. The Hall–Kier alpha value is -2.71. The first-order valence-electron chi connectivity index (χ1n) is 10.8. The zero-order valence-corrected chi connectivity index (χ0v) is 18.3. The monoisotopic (exact) mass is 440 g/mol. The van der Waals surface area contributed by atoms with Crippen molar-refractivity contribution >= 4 is 26.8 Å². The zero-order chi connectivity index (χ0) is 21.7. The number of sulfonamides is 1. The van der Waals surface area contributed by atoms with Crippen molar-refractivity contribution in [1.29, 1.82) is 0 Å². The van der Waals surface area contributed by atoms with Crippen molar-refractivity contribution in [1.82, 2.24) is 19.6 Å². The van der Waals surface area contributed by atoms with Crippen molar-refractivity contribution in [3.63, 3.8) is 0 Å². The number of nitrogens with one attached hydrogen (secondary N) is 2. The van der Waals surface area contributed by atoms with Crippen LogP contribution in [0.3, 0.4) is 0 Å². The van der Waals surface area contributed by atoms with E-state index in [9.17, 15) is 13.2 Å². The number of piperidine rings is 1. The Morgan fingerprint density at radius 2 is 1.90 bits per heavy atom. The summed E-state index contributed by atoms with van der Waals surface area (Å²) in [6.07, 6.45) is 8.21. The highest BCUT2D eigenvalue weighted by Gasteiger charge is 2.28. The number of aromatic nitrogens is 2. The van der Waals surface area contributed by atoms with Crippen LogP contribution in [0.15, 0.2) is 59.8 Å². The fourth-order valence-electron chi connectivity index (χ4n) is 4.13. The van der Waals surface area contributed by atoms with E-state index in [4.69, 9.17) is 0 Å². The molecule has 1 saturated heterocycles. The van der Waals surface area contributed by atoms with Gasteiger partial charge in [0.25, 0.3) is 5.91 Å². The molecule has 3 heterocycles. The molecular formula is C23H28N4O3S. The molecular weight excluding hydrogens is 412 g/mol. The largest absolute Gasteiger partial charge is 0.351 e. The zero-order valence-electron chi connectivity index (χ0n) is 17.5. The lowest BCUT2D eigenvalue weighted by Gasteiger charge is -2.31. The number of carbonyl (C=O) groups is 1. The van der Waals surface area contributed by atoms with Crippen LogP contribution in [0.4, 0.5) is 0 Å². The molecule has 0 atom stereocenters. The summed E-state index contributed by atoms with van der Waals surface area (Å²) >= 11 is 0. The third-order valence-electron chi connectivity index (χ3n) is 5.94. The van der Waals surface area contributed by atoms with Crippen LogP contribution in [0.5, 0.6) is 0 Å². The Balaban J connectivity index is 1.16. The smallest absolute Gasteiger partial charge is 0.267 e. The van der Waals surface area contributed by atoms with Gasteiger partial charge in [-0.15, -0.1) is 0 Å². The topological polar surface area (TPSA) is 95.2 Å². The van der Waals surface area contributed by atoms with E-state index >= 15 is 0 Å². The maximum atomic E-state index is 12.7. The van der Waals surface area contributed by atoms with Gasteiger partial charge < -0.3 is 10.3 Å². The van der Waals surface area contributed by atoms with Crippen LogP contribution in [0.1, 0.15) is 42.6 Å². The van der Waals surface area contributed by atoms with Crippen molar-refractivity contribution in [2.75, 3.05) is 19.6 Å². The molecule has 1 aliphatic heterocycles. The van der Waals surface area contributed by atoms with Crippen molar-refractivity contribution in [2.24, 2.45) is 5.92 Å². The molecule has 1 amide bonds. The quantitative estimate of drug-likeness (QED) is 0.524. The van der Waals surface area contributed by atoms with Crippen LogP contribution in [-0.4, -0.2) is 48.2 Å². The summed E-state index contributed by atoms with van der Waals surface area (Å²) in [4.78, 5) is 19.8. The Morgan fingerprint density at radius 3 is 2.65 bits per heavy atom. The Bertz CT molecular complexity index is 1090. The molecule has 0 radical (unpaired) electrons. The maximum Gasteiger partial charge on any atom is 0.267 e. The lowest BCUT2D eigenvalue weighted by atomic mass is 9.92. The first kappa shape index (κ1) is 21.5. The van der Waals surface area contributed by atoms with Gasteiger partial charge in [0.05, 0.1) is 4.90 Å². The number of H-pyrrole nitrogens is 1. The summed E-state index contributed by atoms with van der Waals surface area (Å²) in [6, 6.07) is 12.3. The minimum Gasteiger partial charge on any atom is -0.351 e. The number of unbranched alkanes of at least 4 members (excludes halogenated alkanes) is 1. The molecule has 164 valence electrons. The summed E-state index contributed by atoms with van der Waals surface area (Å²) in [6.45, 7) is 1.79. The average Bonchev–Trinajstić information content (AvgIpc) is 3.24. The SMILES string of the molecule is O=C(NCCCCC1CCN(S(=O)(=O)c2ccccc2)CC1)c1cc2cnccc2[nH]1. The summed E-state index contributed by atoms with van der Waals surface area (Å²) in [5.74, 6) is 0.440. The molecule has 0 unspecified atom stereocenters. The summed E-state index contributed by atoms with van der Waals surface area (Å²) < 4.78 is 27.0. The second-order valence-corrected chi connectivity index (χ2v) is 10.00. The summed E-state index contributed by atoms with van der Waals surface area (Å²) in [7, 11) is -3.38. The van der Waals surface area contributed by atoms with Crippen molar-refractivity contribution in [3.8, 4) is 0 Å². The normalized spacial score (nSPS) is 15.9. The predicted octanol–water partition coefficient (Wildman–Crippen LogP) is 3.56. The molecule has 0 aliphatic carbocycles. The van der Waals surface area contributed by atoms with Gasteiger partial charge in [-0.3, -0.25) is 9.78 Å². The number of carbonyl (C=O) groups excluding carboxylic acids is 1. The van der Waals surface area contributed by atoms with Gasteiger partial charge in [-0.2, -0.15) is 4.31 Å². The van der Waals surface area contributed by atoms with Gasteiger partial charge in [-0.25, -0.2) is 8.42 Å². The molecule has 1 fully saturated rings. The van der Waals surface area contributed by atoms with Gasteiger partial charge in [0.15, 0.2) is 0 Å². The van der Waals surface area contributed by atoms with Crippen molar-refractivity contribution in [2.45, 2.75) is 37.0 Å². The van der Waals surface area contributed by atoms with Gasteiger partial charge >= 0.3 is 0 Å². The number of fused-ring (bicyclic) bond motifs is 1. The molecule has 0 saturated carbocycles. The molecule has 1 aromatic carbocycles. The van der Waals surface area contributed by atoms with E-state index in [0.717, 1.165) is 43.0 Å². The van der Waals surface area contributed by atoms with Gasteiger partial charge in [-0.05, 0) is 49.4 Å². The van der Waals surface area contributed by atoms with Crippen LogP contribution in [0, 0.1) is 5.92 Å². The average molecular weight is 441 g/mol. The fourth-order valence-corrected chi connectivity index (χ4v) is 5.62. The number of hydrogen-bond donors (Lipinski definition) is 2. The fraction of sp³-hybridized carbons (Fsp3) is 0.391. The molecule has 31 heavy (non-hydrogen) atoms. The molecule has 2 N–H and O–H groups in total. The predicted molar refractivity (Wildman–Crippen MR) is 120 cm³/mol. The van der Waals surface area contributed by atoms with Crippen molar-refractivity contribution in [3.05, 3.63) is 60.6 Å². The number of nitrogens with zero attached hydrogens (tertiary/aromatic N) is 2. The number of benzene rings is 1. The van der Waals surface area contributed by atoms with Crippen LogP contribution in [0.25, 0.3) is 10.9 Å². The van der Waals surface area contributed by atoms with E-state index in [1.807, 2.05) is 18.2 Å². The second-order valence-electron chi connectivity index (χ2n) is 8.06. The Morgan fingerprint density at radius 1 is 1.13 bits per heavy atom. The molecule has 4 rings (SSSR count). The van der Waals surface area contributed by atoms with Gasteiger partial charge in [0, 0.05) is 42.9 Å². The highest BCUT2D eigenvalue weighted by atomic mass is 32.2. The van der Waals surface area contributed by atoms with Crippen molar-refractivity contribution < 1.29 is 13.2 Å². The van der Waals surface area contributed by atoms with E-state index in [1.165, 1.54) is 0 Å². The molecule has 0 spiro atoms.